The van der Waals surface area contributed by atoms with E-state index in [9.17, 15) is 9.59 Å². The lowest BCUT2D eigenvalue weighted by molar-refractivity contribution is -0.117. The molecule has 4 rings (SSSR count). The summed E-state index contributed by atoms with van der Waals surface area (Å²) in [7, 11) is 0. The topological polar surface area (TPSA) is 67.9 Å². The van der Waals surface area contributed by atoms with Gasteiger partial charge in [-0.25, -0.2) is 4.79 Å². The van der Waals surface area contributed by atoms with Gasteiger partial charge in [-0.1, -0.05) is 49.4 Å². The second-order valence-corrected chi connectivity index (χ2v) is 8.50. The number of rotatable bonds is 4. The van der Waals surface area contributed by atoms with E-state index in [2.05, 4.69) is 30.4 Å². The Bertz CT molecular complexity index is 1020. The van der Waals surface area contributed by atoms with Crippen LogP contribution in [0.5, 0.6) is 0 Å². The van der Waals surface area contributed by atoms with Gasteiger partial charge in [0.05, 0.1) is 19.3 Å². The predicted molar refractivity (Wildman–Crippen MR) is 124 cm³/mol. The van der Waals surface area contributed by atoms with E-state index in [0.29, 0.717) is 13.2 Å². The summed E-state index contributed by atoms with van der Waals surface area (Å²) in [6, 6.07) is 15.4. The highest BCUT2D eigenvalue weighted by molar-refractivity contribution is 5.94. The molecule has 1 N–H and O–H groups in total. The van der Waals surface area contributed by atoms with Gasteiger partial charge in [-0.15, -0.1) is 0 Å². The summed E-state index contributed by atoms with van der Waals surface area (Å²) in [4.78, 5) is 27.0. The van der Waals surface area contributed by atoms with Crippen LogP contribution < -0.4 is 10.2 Å². The van der Waals surface area contributed by atoms with Crippen molar-refractivity contribution in [3.63, 3.8) is 0 Å². The van der Waals surface area contributed by atoms with Gasteiger partial charge in [0.15, 0.2) is 0 Å². The highest BCUT2D eigenvalue weighted by atomic mass is 16.5. The average Bonchev–Trinajstić information content (AvgIpc) is 2.81. The number of hydrogen-bond acceptors (Lipinski definition) is 4. The van der Waals surface area contributed by atoms with Crippen molar-refractivity contribution in [1.29, 1.82) is 0 Å². The van der Waals surface area contributed by atoms with Crippen LogP contribution in [0.25, 0.3) is 5.57 Å². The molecule has 2 aromatic rings. The minimum atomic E-state index is -0.462. The second kappa shape index (κ2) is 9.57. The second-order valence-electron chi connectivity index (χ2n) is 8.50. The van der Waals surface area contributed by atoms with Gasteiger partial charge in [-0.2, -0.15) is 0 Å². The number of amides is 2. The normalized spacial score (nSPS) is 22.5. The van der Waals surface area contributed by atoms with Crippen molar-refractivity contribution in [3.05, 3.63) is 71.3 Å². The molecule has 0 bridgehead atoms. The molecule has 0 saturated carbocycles. The molecule has 0 fully saturated rings. The van der Waals surface area contributed by atoms with Crippen LogP contribution >= 0.6 is 0 Å². The quantitative estimate of drug-likeness (QED) is 0.747. The van der Waals surface area contributed by atoms with Crippen molar-refractivity contribution < 1.29 is 19.1 Å². The average molecular weight is 435 g/mol. The molecule has 32 heavy (non-hydrogen) atoms. The number of hydrogen-bond donors (Lipinski definition) is 1. The number of anilines is 1. The molecule has 0 aromatic heterocycles. The molecule has 6 heteroatoms. The zero-order valence-corrected chi connectivity index (χ0v) is 18.8. The van der Waals surface area contributed by atoms with E-state index in [4.69, 9.17) is 9.47 Å². The van der Waals surface area contributed by atoms with Crippen LogP contribution in [0.15, 0.2) is 54.6 Å². The fraction of sp³-hybridized carbons (Fsp3) is 0.385. The smallest absolute Gasteiger partial charge is 0.407 e. The molecule has 0 aliphatic carbocycles. The Balaban J connectivity index is 1.62. The number of fused-ring (bicyclic) bond motifs is 1. The maximum atomic E-state index is 12.7. The summed E-state index contributed by atoms with van der Waals surface area (Å²) in [6.07, 6.45) is 2.48. The van der Waals surface area contributed by atoms with Gasteiger partial charge in [0.1, 0.15) is 6.61 Å². The monoisotopic (exact) mass is 434 g/mol. The Morgan fingerprint density at radius 3 is 2.62 bits per heavy atom. The van der Waals surface area contributed by atoms with Crippen LogP contribution in [-0.4, -0.2) is 31.3 Å². The van der Waals surface area contributed by atoms with Crippen LogP contribution in [0, 0.1) is 5.92 Å². The molecule has 2 heterocycles. The first kappa shape index (κ1) is 22.1. The fourth-order valence-corrected chi connectivity index (χ4v) is 4.59. The van der Waals surface area contributed by atoms with Crippen molar-refractivity contribution in [2.45, 2.75) is 45.9 Å². The first-order valence-corrected chi connectivity index (χ1v) is 11.1. The van der Waals surface area contributed by atoms with Crippen molar-refractivity contribution in [3.8, 4) is 0 Å². The molecule has 3 unspecified atom stereocenters. The van der Waals surface area contributed by atoms with E-state index in [0.717, 1.165) is 28.8 Å². The Morgan fingerprint density at radius 1 is 1.16 bits per heavy atom. The summed E-state index contributed by atoms with van der Waals surface area (Å²) in [5.41, 5.74) is 5.04. The lowest BCUT2D eigenvalue weighted by Crippen LogP contribution is -2.50. The van der Waals surface area contributed by atoms with Gasteiger partial charge >= 0.3 is 6.09 Å². The van der Waals surface area contributed by atoms with Crippen molar-refractivity contribution >= 4 is 23.3 Å². The molecule has 0 radical (unpaired) electrons. The summed E-state index contributed by atoms with van der Waals surface area (Å²) < 4.78 is 10.9. The number of carbonyl (C=O) groups excluding carboxylic acids is 2. The highest BCUT2D eigenvalue weighted by Crippen LogP contribution is 2.42. The van der Waals surface area contributed by atoms with E-state index >= 15 is 0 Å². The Hall–Kier alpha value is -3.12. The SMILES string of the molecule is CC(=O)N1c2ccc(C3=CCOCC3)cc2C(NC(=O)OCc2ccccc2)C(C)C1C. The highest BCUT2D eigenvalue weighted by Gasteiger charge is 2.39. The Kier molecular flexibility index (Phi) is 6.61. The third-order valence-electron chi connectivity index (χ3n) is 6.48. The van der Waals surface area contributed by atoms with E-state index in [1.807, 2.05) is 48.2 Å². The number of alkyl carbamates (subject to hydrolysis) is 1. The maximum Gasteiger partial charge on any atom is 0.407 e. The first-order valence-electron chi connectivity index (χ1n) is 11.1. The van der Waals surface area contributed by atoms with Gasteiger partial charge in [0.25, 0.3) is 0 Å². The summed E-state index contributed by atoms with van der Waals surface area (Å²) in [5.74, 6) is 0.00308. The molecule has 0 spiro atoms. The van der Waals surface area contributed by atoms with Gasteiger partial charge in [0, 0.05) is 24.6 Å². The standard InChI is InChI=1S/C26H30N2O4/c1-17-18(2)28(19(3)29)24-10-9-22(21-11-13-31-14-12-21)15-23(24)25(17)27-26(30)32-16-20-7-5-4-6-8-20/h4-11,15,17-18,25H,12-14,16H2,1-3H3,(H,27,30). The molecule has 2 aliphatic heterocycles. The molecule has 2 aromatic carbocycles. The molecule has 6 nitrogen and oxygen atoms in total. The van der Waals surface area contributed by atoms with Crippen molar-refractivity contribution in [1.82, 2.24) is 5.32 Å². The predicted octanol–water partition coefficient (Wildman–Crippen LogP) is 4.85. The number of nitrogens with zero attached hydrogens (tertiary/aromatic N) is 1. The van der Waals surface area contributed by atoms with Crippen LogP contribution in [0.4, 0.5) is 10.5 Å². The first-order chi connectivity index (χ1) is 15.5. The van der Waals surface area contributed by atoms with Crippen molar-refractivity contribution in [2.24, 2.45) is 5.92 Å². The molecular weight excluding hydrogens is 404 g/mol. The minimum Gasteiger partial charge on any atom is -0.445 e. The van der Waals surface area contributed by atoms with Gasteiger partial charge in [-0.05, 0) is 47.7 Å². The largest absolute Gasteiger partial charge is 0.445 e. The molecule has 2 aliphatic rings. The number of carbonyl (C=O) groups is 2. The third kappa shape index (κ3) is 4.55. The summed E-state index contributed by atoms with van der Waals surface area (Å²) >= 11 is 0. The van der Waals surface area contributed by atoms with Gasteiger partial charge < -0.3 is 19.7 Å². The van der Waals surface area contributed by atoms with Crippen LogP contribution in [0.1, 0.15) is 49.9 Å². The summed E-state index contributed by atoms with van der Waals surface area (Å²) in [5, 5.41) is 3.07. The maximum absolute atomic E-state index is 12.7. The Labute approximate surface area is 189 Å². The third-order valence-corrected chi connectivity index (χ3v) is 6.48. The van der Waals surface area contributed by atoms with E-state index in [-0.39, 0.29) is 30.5 Å². The Morgan fingerprint density at radius 2 is 1.94 bits per heavy atom. The summed E-state index contributed by atoms with van der Waals surface area (Å²) in [6.45, 7) is 7.18. The van der Waals surface area contributed by atoms with E-state index in [1.165, 1.54) is 5.57 Å². The van der Waals surface area contributed by atoms with Crippen LogP contribution in [-0.2, 0) is 20.9 Å². The number of nitrogens with one attached hydrogen (secondary N) is 1. The molecule has 2 amide bonds. The molecule has 0 saturated heterocycles. The molecular formula is C26H30N2O4. The lowest BCUT2D eigenvalue weighted by Gasteiger charge is -2.43. The van der Waals surface area contributed by atoms with Gasteiger partial charge in [-0.3, -0.25) is 4.79 Å². The van der Waals surface area contributed by atoms with E-state index < -0.39 is 6.09 Å². The van der Waals surface area contributed by atoms with Gasteiger partial charge in [0.2, 0.25) is 5.91 Å². The van der Waals surface area contributed by atoms with Crippen LogP contribution in [0.3, 0.4) is 0 Å². The molecule has 168 valence electrons. The molecule has 3 atom stereocenters. The zero-order valence-electron chi connectivity index (χ0n) is 18.8. The number of benzene rings is 2. The lowest BCUT2D eigenvalue weighted by atomic mass is 9.81. The van der Waals surface area contributed by atoms with E-state index in [1.54, 1.807) is 6.92 Å². The van der Waals surface area contributed by atoms with Crippen LogP contribution in [0.2, 0.25) is 0 Å². The van der Waals surface area contributed by atoms with Crippen molar-refractivity contribution in [2.75, 3.05) is 18.1 Å². The fourth-order valence-electron chi connectivity index (χ4n) is 4.59. The number of ether oxygens (including phenoxy) is 2. The zero-order chi connectivity index (χ0) is 22.7. The minimum absolute atomic E-state index is 0.00580.